The molecule has 0 spiro atoms. The standard InChI is InChI=1S/C25H27FN6O.3C24H25FN6O/c1-14-3-4-17(12-29-14)33-24-30-21-11-18-19(9-16(26)10-20(18)28-2)22(21)23(31-24)32-8-5-15(13-32)25(27)6-7-25;1-12-3-4-15(9-28-12)32-24-29-21-8-16-17(6-14(25)7-20(16)27-2)22(21)23(30-24)31-10-13-5-19(26)18(13)11-31;1-13-3-4-16(11-28-13)32-24-29-20-9-17-18(7-15(25)8-19(17)26-2)22(20)23(30-24)31-12-14-10-27-6-5-21(14)31;1-13-3-4-16(11-27-13)32-24-29-20-9-17-18(7-15(25)8-19(17)26-2)22(20)23(30-24)31-6-5-14-10-28-21(14)12-31/h3-4,9-10,12,15,28H,5-8,11,13,27H2,1-2H3;3-4,6-7,9,13,18-19,27H,5,8,10-11,26H2,1-2H3;3-4,7-8,11,14,21,26-27H,5-6,9-10,12H2,1-2H3;3-4,7-8,11,14,21,26,28H,5-6,9-10,12H2,1-2H3. The van der Waals surface area contributed by atoms with E-state index < -0.39 is 0 Å². The molecular weight excluding hydrogens is 1640 g/mol. The summed E-state index contributed by atoms with van der Waals surface area (Å²) < 4.78 is 81.9. The Labute approximate surface area is 744 Å². The number of anilines is 8. The van der Waals surface area contributed by atoms with E-state index in [0.29, 0.717) is 96.5 Å². The SMILES string of the molecule is CNc1cc(F)cc2c1Cc1nc(Oc3ccc(C)nc3)nc(N3CC4CC(N)C4C3)c1-2.CNc1cc(F)cc2c1Cc1nc(Oc3ccc(C)nc3)nc(N3CC4CNCCC43)c1-2.CNc1cc(F)cc2c1Cc1nc(Oc3ccc(C)nc3)nc(N3CCC(C4(N)CC4)C3)c1-2.CNc1cc(F)cc2c1Cc1nc(Oc3ccc(C)nc3)nc(N3CCC4CNC4C3)c1-2. The van der Waals surface area contributed by atoms with Crippen LogP contribution in [0.5, 0.6) is 47.0 Å². The number of aromatic nitrogens is 12. The summed E-state index contributed by atoms with van der Waals surface area (Å²) >= 11 is 0. The molecule has 129 heavy (non-hydrogen) atoms. The quantitative estimate of drug-likeness (QED) is 0.0393. The van der Waals surface area contributed by atoms with Crippen LogP contribution in [0.15, 0.2) is 122 Å². The molecule has 4 aromatic carbocycles. The summed E-state index contributed by atoms with van der Waals surface area (Å²) in [6.45, 7) is 17.0. The van der Waals surface area contributed by atoms with Gasteiger partial charge in [0.05, 0.1) is 47.6 Å². The maximum Gasteiger partial charge on any atom is 0.324 e. The van der Waals surface area contributed by atoms with Crippen molar-refractivity contribution < 1.29 is 36.5 Å². The molecule has 14 heterocycles. The van der Waals surface area contributed by atoms with Crippen LogP contribution in [0.4, 0.5) is 63.6 Å². The fourth-order valence-electron chi connectivity index (χ4n) is 20.7. The number of fused-ring (bicyclic) bond motifs is 15. The van der Waals surface area contributed by atoms with Crippen molar-refractivity contribution in [3.05, 3.63) is 213 Å². The molecule has 6 aliphatic carbocycles. The summed E-state index contributed by atoms with van der Waals surface area (Å²) in [6, 6.07) is 29.9. The molecule has 24 rings (SSSR count). The lowest BCUT2D eigenvalue weighted by Gasteiger charge is -2.52. The van der Waals surface area contributed by atoms with Gasteiger partial charge in [-0.15, -0.1) is 0 Å². The van der Waals surface area contributed by atoms with Crippen LogP contribution in [0.3, 0.4) is 0 Å². The minimum absolute atomic E-state index is 0.0405. The summed E-state index contributed by atoms with van der Waals surface area (Å²) in [6.07, 6.45) is 15.6. The Morgan fingerprint density at radius 1 is 0.419 bits per heavy atom. The Bertz CT molecular complexity index is 5990. The largest absolute Gasteiger partial charge is 0.423 e. The summed E-state index contributed by atoms with van der Waals surface area (Å²) in [5, 5.41) is 19.5. The highest BCUT2D eigenvalue weighted by atomic mass is 19.1. The highest BCUT2D eigenvalue weighted by molar-refractivity contribution is 5.92. The molecule has 8 unspecified atom stereocenters. The number of nitrogens with one attached hydrogen (secondary N) is 6. The third-order valence-electron chi connectivity index (χ3n) is 28.0. The molecule has 32 heteroatoms. The van der Waals surface area contributed by atoms with E-state index in [1.165, 1.54) is 18.2 Å². The van der Waals surface area contributed by atoms with E-state index in [1.54, 1.807) is 55.1 Å². The Kier molecular flexibility index (Phi) is 21.6. The number of halogens is 4. The lowest BCUT2D eigenvalue weighted by molar-refractivity contribution is 0.194. The van der Waals surface area contributed by atoms with Gasteiger partial charge in [-0.2, -0.15) is 39.9 Å². The van der Waals surface area contributed by atoms with Crippen LogP contribution in [0, 0.1) is 80.6 Å². The van der Waals surface area contributed by atoms with Crippen molar-refractivity contribution >= 4 is 46.0 Å². The molecule has 6 aliphatic heterocycles. The van der Waals surface area contributed by atoms with Crippen LogP contribution in [0.1, 0.15) is 106 Å². The van der Waals surface area contributed by atoms with Crippen molar-refractivity contribution in [3.63, 3.8) is 0 Å². The summed E-state index contributed by atoms with van der Waals surface area (Å²) in [4.78, 5) is 64.7. The summed E-state index contributed by atoms with van der Waals surface area (Å²) in [5.41, 5.74) is 34.2. The molecule has 12 aromatic rings. The first-order valence-corrected chi connectivity index (χ1v) is 44.7. The molecule has 8 aromatic heterocycles. The number of hydrogen-bond acceptors (Lipinski definition) is 28. The topological polar surface area (TPSA) is 329 Å². The highest BCUT2D eigenvalue weighted by Gasteiger charge is 2.51. The van der Waals surface area contributed by atoms with Gasteiger partial charge in [0.15, 0.2) is 0 Å². The summed E-state index contributed by atoms with van der Waals surface area (Å²) in [5.74, 6) is 7.41. The molecule has 10 N–H and O–H groups in total. The fraction of sp³-hybridized carbons (Fsp3) is 0.381. The highest BCUT2D eigenvalue weighted by Crippen LogP contribution is 2.54. The first kappa shape index (κ1) is 82.9. The molecule has 0 bridgehead atoms. The van der Waals surface area contributed by atoms with Gasteiger partial charge in [0.1, 0.15) is 69.5 Å². The number of benzene rings is 4. The molecule has 662 valence electrons. The van der Waals surface area contributed by atoms with Gasteiger partial charge in [0.25, 0.3) is 0 Å². The van der Waals surface area contributed by atoms with Crippen LogP contribution in [-0.4, -0.2) is 177 Å². The second kappa shape index (κ2) is 33.5. The Hall–Kier alpha value is -13.0. The second-order valence-electron chi connectivity index (χ2n) is 36.1. The number of piperidine rings is 2. The molecule has 6 saturated heterocycles. The minimum Gasteiger partial charge on any atom is -0.423 e. The van der Waals surface area contributed by atoms with Crippen molar-refractivity contribution in [3.8, 4) is 91.5 Å². The average Bonchev–Trinajstić information content (AvgIpc) is 1.27. The predicted octanol–water partition coefficient (Wildman–Crippen LogP) is 14.6. The molecule has 8 atom stereocenters. The molecule has 28 nitrogen and oxygen atoms in total. The number of hydrogen-bond donors (Lipinski definition) is 8. The van der Waals surface area contributed by atoms with Crippen LogP contribution in [0.2, 0.25) is 0 Å². The van der Waals surface area contributed by atoms with Crippen LogP contribution < -0.4 is 81.9 Å². The zero-order valence-corrected chi connectivity index (χ0v) is 73.3. The molecule has 12 aliphatic rings. The third-order valence-corrected chi connectivity index (χ3v) is 28.0. The van der Waals surface area contributed by atoms with E-state index in [4.69, 9.17) is 70.3 Å². The Morgan fingerprint density at radius 2 is 0.806 bits per heavy atom. The molecule has 0 amide bonds. The van der Waals surface area contributed by atoms with E-state index in [-0.39, 0.29) is 46.9 Å². The van der Waals surface area contributed by atoms with Crippen molar-refractivity contribution in [1.82, 2.24) is 70.4 Å². The average molecular weight is 1740 g/mol. The van der Waals surface area contributed by atoms with E-state index in [9.17, 15) is 17.6 Å². The van der Waals surface area contributed by atoms with Gasteiger partial charge in [-0.1, -0.05) is 0 Å². The van der Waals surface area contributed by atoms with Crippen molar-refractivity contribution in [2.24, 2.45) is 41.1 Å². The zero-order valence-electron chi connectivity index (χ0n) is 73.3. The summed E-state index contributed by atoms with van der Waals surface area (Å²) in [7, 11) is 7.25. The van der Waals surface area contributed by atoms with Crippen LogP contribution in [-0.2, 0) is 25.7 Å². The molecule has 8 fully saturated rings. The molecule has 0 radical (unpaired) electrons. The molecular formula is C97H102F4N24O4. The number of rotatable bonds is 17. The van der Waals surface area contributed by atoms with Crippen LogP contribution >= 0.6 is 0 Å². The van der Waals surface area contributed by atoms with E-state index in [2.05, 4.69) is 71.4 Å². The van der Waals surface area contributed by atoms with E-state index >= 15 is 0 Å². The van der Waals surface area contributed by atoms with Gasteiger partial charge >= 0.3 is 24.0 Å². The number of nitrogens with zero attached hydrogens (tertiary/aromatic N) is 16. The monoisotopic (exact) mass is 1740 g/mol. The van der Waals surface area contributed by atoms with Crippen molar-refractivity contribution in [1.29, 1.82) is 0 Å². The first-order chi connectivity index (χ1) is 62.6. The predicted molar refractivity (Wildman–Crippen MR) is 488 cm³/mol. The Balaban J connectivity index is 0.000000104. The molecule has 2 saturated carbocycles. The Morgan fingerprint density at radius 3 is 1.16 bits per heavy atom. The van der Waals surface area contributed by atoms with Gasteiger partial charge in [-0.05, 0) is 245 Å². The fourth-order valence-corrected chi connectivity index (χ4v) is 20.7. The second-order valence-corrected chi connectivity index (χ2v) is 36.1. The third kappa shape index (κ3) is 15.9. The van der Waals surface area contributed by atoms with Gasteiger partial charge < -0.3 is 81.9 Å². The van der Waals surface area contributed by atoms with Gasteiger partial charge in [-0.3, -0.25) is 19.9 Å². The lowest BCUT2D eigenvalue weighted by atomic mass is 9.72. The number of pyridine rings is 4. The normalized spacial score (nSPS) is 21.0. The van der Waals surface area contributed by atoms with E-state index in [1.807, 2.05) is 104 Å². The van der Waals surface area contributed by atoms with Crippen molar-refractivity contribution in [2.75, 3.05) is 135 Å². The van der Waals surface area contributed by atoms with Crippen LogP contribution in [0.25, 0.3) is 44.5 Å². The smallest absolute Gasteiger partial charge is 0.324 e. The van der Waals surface area contributed by atoms with Crippen molar-refractivity contribution in [2.45, 2.75) is 116 Å². The number of nitrogens with two attached hydrogens (primary N) is 2. The van der Waals surface area contributed by atoms with Gasteiger partial charge in [0, 0.05) is 204 Å². The number of ether oxygens (including phenoxy) is 4. The van der Waals surface area contributed by atoms with E-state index in [0.717, 1.165) is 268 Å². The lowest BCUT2D eigenvalue weighted by Crippen LogP contribution is -2.63. The van der Waals surface area contributed by atoms with Gasteiger partial charge in [0.2, 0.25) is 0 Å². The maximum atomic E-state index is 14.5. The number of aryl methyl sites for hydroxylation is 4. The van der Waals surface area contributed by atoms with Gasteiger partial charge in [-0.25, -0.2) is 17.6 Å². The minimum atomic E-state index is -0.277. The zero-order chi connectivity index (χ0) is 88.4. The first-order valence-electron chi connectivity index (χ1n) is 44.7. The maximum absolute atomic E-state index is 14.5.